The maximum Gasteiger partial charge on any atom is 0.416 e. The lowest BCUT2D eigenvalue weighted by atomic mass is 10.1. The molecule has 4 rings (SSSR count). The Hall–Kier alpha value is -3.55. The van der Waals surface area contributed by atoms with E-state index in [0.717, 1.165) is 27.8 Å². The van der Waals surface area contributed by atoms with Crippen molar-refractivity contribution in [3.8, 4) is 16.9 Å². The fraction of sp³-hybridized carbons (Fsp3) is 0.182. The van der Waals surface area contributed by atoms with Crippen LogP contribution in [0, 0.1) is 6.92 Å². The van der Waals surface area contributed by atoms with E-state index in [1.165, 1.54) is 23.7 Å². The summed E-state index contributed by atoms with van der Waals surface area (Å²) < 4.78 is 43.0. The van der Waals surface area contributed by atoms with Crippen LogP contribution in [0.1, 0.15) is 11.1 Å². The lowest BCUT2D eigenvalue weighted by Crippen LogP contribution is -2.37. The molecule has 8 heteroatoms. The van der Waals surface area contributed by atoms with E-state index in [4.69, 9.17) is 0 Å². The average molecular weight is 413 g/mol. The van der Waals surface area contributed by atoms with Crippen molar-refractivity contribution in [3.05, 3.63) is 86.6 Å². The maximum absolute atomic E-state index is 13.0. The minimum atomic E-state index is -4.46. The van der Waals surface area contributed by atoms with E-state index in [1.807, 2.05) is 31.2 Å². The summed E-state index contributed by atoms with van der Waals surface area (Å²) in [5, 5.41) is 0. The van der Waals surface area contributed by atoms with Crippen LogP contribution >= 0.6 is 0 Å². The molecule has 0 amide bonds. The number of halogens is 3. The van der Waals surface area contributed by atoms with Gasteiger partial charge in [-0.2, -0.15) is 13.2 Å². The number of benzene rings is 2. The van der Waals surface area contributed by atoms with E-state index in [9.17, 15) is 22.8 Å². The van der Waals surface area contributed by atoms with Crippen molar-refractivity contribution in [3.63, 3.8) is 0 Å². The summed E-state index contributed by atoms with van der Waals surface area (Å²) in [7, 11) is 2.93. The molecule has 2 aromatic carbocycles. The second-order valence-corrected chi connectivity index (χ2v) is 7.22. The van der Waals surface area contributed by atoms with Crippen LogP contribution in [0.3, 0.4) is 0 Å². The first-order valence-electron chi connectivity index (χ1n) is 9.15. The summed E-state index contributed by atoms with van der Waals surface area (Å²) >= 11 is 0. The smallest absolute Gasteiger partial charge is 0.303 e. The zero-order valence-corrected chi connectivity index (χ0v) is 16.5. The number of nitrogens with zero attached hydrogens (tertiary/aromatic N) is 3. The Balaban J connectivity index is 2.10. The Labute approximate surface area is 169 Å². The van der Waals surface area contributed by atoms with Crippen LogP contribution in [0.5, 0.6) is 0 Å². The molecule has 0 radical (unpaired) electrons. The Morgan fingerprint density at radius 3 is 2.00 bits per heavy atom. The van der Waals surface area contributed by atoms with E-state index in [2.05, 4.69) is 0 Å². The number of fused-ring (bicyclic) bond motifs is 1. The third-order valence-electron chi connectivity index (χ3n) is 5.22. The molecule has 2 heterocycles. The molecule has 0 aliphatic heterocycles. The van der Waals surface area contributed by atoms with Crippen molar-refractivity contribution in [1.29, 1.82) is 0 Å². The molecular weight excluding hydrogens is 395 g/mol. The van der Waals surface area contributed by atoms with Gasteiger partial charge in [0.05, 0.1) is 16.8 Å². The van der Waals surface area contributed by atoms with Crippen LogP contribution in [-0.2, 0) is 20.3 Å². The van der Waals surface area contributed by atoms with Gasteiger partial charge in [0.25, 0.3) is 5.56 Å². The minimum Gasteiger partial charge on any atom is -0.303 e. The van der Waals surface area contributed by atoms with E-state index in [1.54, 1.807) is 17.7 Å². The number of hydrogen-bond donors (Lipinski definition) is 0. The quantitative estimate of drug-likeness (QED) is 0.498. The molecule has 0 aliphatic carbocycles. The molecule has 5 nitrogen and oxygen atoms in total. The molecule has 0 N–H and O–H groups in total. The molecule has 0 fully saturated rings. The number of aryl methyl sites for hydroxylation is 2. The second kappa shape index (κ2) is 6.76. The van der Waals surface area contributed by atoms with Gasteiger partial charge >= 0.3 is 11.9 Å². The van der Waals surface area contributed by atoms with Crippen LogP contribution in [0.4, 0.5) is 13.2 Å². The van der Waals surface area contributed by atoms with Gasteiger partial charge in [0.1, 0.15) is 5.52 Å². The van der Waals surface area contributed by atoms with Crippen LogP contribution in [0.25, 0.3) is 28.0 Å². The number of rotatable bonds is 2. The molecular formula is C22H18F3N3O2. The Kier molecular flexibility index (Phi) is 4.45. The van der Waals surface area contributed by atoms with Crippen molar-refractivity contribution in [2.45, 2.75) is 13.1 Å². The van der Waals surface area contributed by atoms with Crippen molar-refractivity contribution in [1.82, 2.24) is 13.7 Å². The van der Waals surface area contributed by atoms with E-state index in [-0.39, 0.29) is 5.52 Å². The van der Waals surface area contributed by atoms with Gasteiger partial charge in [-0.15, -0.1) is 0 Å². The molecule has 0 saturated carbocycles. The Morgan fingerprint density at radius 2 is 1.43 bits per heavy atom. The summed E-state index contributed by atoms with van der Waals surface area (Å²) in [6, 6.07) is 13.9. The van der Waals surface area contributed by atoms with E-state index in [0.29, 0.717) is 16.9 Å². The molecule has 0 spiro atoms. The standard InChI is InChI=1S/C22H18F3N3O2/c1-13-4-6-14(7-5-13)17-12-18-19(20(29)27(3)21(30)26(18)2)28(17)16-10-8-15(9-11-16)22(23,24)25/h4-12H,1-3H3. The third-order valence-corrected chi connectivity index (χ3v) is 5.22. The van der Waals surface area contributed by atoms with Gasteiger partial charge in [-0.05, 0) is 42.8 Å². The normalized spacial score (nSPS) is 11.9. The maximum atomic E-state index is 13.0. The topological polar surface area (TPSA) is 48.9 Å². The highest BCUT2D eigenvalue weighted by Gasteiger charge is 2.30. The summed E-state index contributed by atoms with van der Waals surface area (Å²) in [5.74, 6) is 0. The van der Waals surface area contributed by atoms with Crippen LogP contribution in [0.2, 0.25) is 0 Å². The predicted molar refractivity (Wildman–Crippen MR) is 109 cm³/mol. The summed E-state index contributed by atoms with van der Waals surface area (Å²) in [6.07, 6.45) is -4.46. The first kappa shape index (κ1) is 19.8. The van der Waals surface area contributed by atoms with Crippen LogP contribution < -0.4 is 11.2 Å². The predicted octanol–water partition coefficient (Wildman–Crippen LogP) is 4.02. The Bertz CT molecular complexity index is 1370. The van der Waals surface area contributed by atoms with Gasteiger partial charge in [0.15, 0.2) is 0 Å². The van der Waals surface area contributed by atoms with E-state index < -0.39 is 23.0 Å². The molecule has 0 bridgehead atoms. The fourth-order valence-corrected chi connectivity index (χ4v) is 3.54. The van der Waals surface area contributed by atoms with Crippen LogP contribution in [0.15, 0.2) is 64.2 Å². The summed E-state index contributed by atoms with van der Waals surface area (Å²) in [5.41, 5.74) is 1.64. The number of hydrogen-bond acceptors (Lipinski definition) is 2. The lowest BCUT2D eigenvalue weighted by Gasteiger charge is -2.13. The molecule has 2 aromatic heterocycles. The highest BCUT2D eigenvalue weighted by Crippen LogP contribution is 2.33. The second-order valence-electron chi connectivity index (χ2n) is 7.22. The van der Waals surface area contributed by atoms with Crippen molar-refractivity contribution in [2.24, 2.45) is 14.1 Å². The number of aromatic nitrogens is 3. The lowest BCUT2D eigenvalue weighted by molar-refractivity contribution is -0.137. The zero-order chi connectivity index (χ0) is 21.8. The molecule has 4 aromatic rings. The van der Waals surface area contributed by atoms with Gasteiger partial charge in [-0.1, -0.05) is 29.8 Å². The summed E-state index contributed by atoms with van der Waals surface area (Å²) in [4.78, 5) is 25.4. The van der Waals surface area contributed by atoms with Crippen molar-refractivity contribution >= 4 is 11.0 Å². The minimum absolute atomic E-state index is 0.218. The van der Waals surface area contributed by atoms with Gasteiger partial charge < -0.3 is 4.57 Å². The first-order valence-corrected chi connectivity index (χ1v) is 9.15. The Morgan fingerprint density at radius 1 is 0.833 bits per heavy atom. The molecule has 0 atom stereocenters. The third kappa shape index (κ3) is 3.04. The van der Waals surface area contributed by atoms with Gasteiger partial charge in [-0.25, -0.2) is 4.79 Å². The molecule has 154 valence electrons. The SMILES string of the molecule is Cc1ccc(-c2cc3c(c(=O)n(C)c(=O)n3C)n2-c2ccc(C(F)(F)F)cc2)cc1. The summed E-state index contributed by atoms with van der Waals surface area (Å²) in [6.45, 7) is 1.94. The monoisotopic (exact) mass is 413 g/mol. The number of alkyl halides is 3. The van der Waals surface area contributed by atoms with Crippen molar-refractivity contribution in [2.75, 3.05) is 0 Å². The first-order chi connectivity index (χ1) is 14.1. The fourth-order valence-electron chi connectivity index (χ4n) is 3.54. The van der Waals surface area contributed by atoms with Crippen LogP contribution in [-0.4, -0.2) is 13.7 Å². The molecule has 30 heavy (non-hydrogen) atoms. The molecule has 0 saturated heterocycles. The molecule has 0 unspecified atom stereocenters. The van der Waals surface area contributed by atoms with Gasteiger partial charge in [0, 0.05) is 19.8 Å². The molecule has 0 aliphatic rings. The van der Waals surface area contributed by atoms with Crippen molar-refractivity contribution < 1.29 is 13.2 Å². The highest BCUT2D eigenvalue weighted by atomic mass is 19.4. The highest BCUT2D eigenvalue weighted by molar-refractivity contribution is 5.86. The zero-order valence-electron chi connectivity index (χ0n) is 16.5. The largest absolute Gasteiger partial charge is 0.416 e. The van der Waals surface area contributed by atoms with Gasteiger partial charge in [-0.3, -0.25) is 13.9 Å². The van der Waals surface area contributed by atoms with Gasteiger partial charge in [0.2, 0.25) is 0 Å². The average Bonchev–Trinajstić information content (AvgIpc) is 3.11. The van der Waals surface area contributed by atoms with E-state index >= 15 is 0 Å².